The Balaban J connectivity index is 2.38. The number of benzene rings is 2. The Hall–Kier alpha value is -2.42. The molecule has 0 unspecified atom stereocenters. The van der Waals surface area contributed by atoms with Crippen LogP contribution in [0.4, 0.5) is 0 Å². The van der Waals surface area contributed by atoms with E-state index in [2.05, 4.69) is 5.32 Å². The number of allylic oxidation sites excluding steroid dienone is 1. The topological polar surface area (TPSA) is 30.5 Å². The Morgan fingerprint density at radius 3 is 2.19 bits per heavy atom. The van der Waals surface area contributed by atoms with Crippen LogP contribution in [0, 0.1) is 0 Å². The summed E-state index contributed by atoms with van der Waals surface area (Å²) >= 11 is 0. The number of rotatable bonds is 6. The second-order valence-electron chi connectivity index (χ2n) is 4.55. The van der Waals surface area contributed by atoms with Crippen molar-refractivity contribution in [3.63, 3.8) is 0 Å². The van der Waals surface area contributed by atoms with Crippen LogP contribution in [-0.4, -0.2) is 13.7 Å². The summed E-state index contributed by atoms with van der Waals surface area (Å²) in [6, 6.07) is 17.7. The van der Waals surface area contributed by atoms with Crippen LogP contribution < -0.4 is 14.8 Å². The molecule has 0 atom stereocenters. The van der Waals surface area contributed by atoms with Gasteiger partial charge in [0.1, 0.15) is 0 Å². The maximum Gasteiger partial charge on any atom is 0.169 e. The zero-order valence-electron chi connectivity index (χ0n) is 12.7. The van der Waals surface area contributed by atoms with Gasteiger partial charge >= 0.3 is 0 Å². The molecular weight excluding hydrogens is 262 g/mol. The van der Waals surface area contributed by atoms with Crippen LogP contribution in [0.1, 0.15) is 19.4 Å². The average Bonchev–Trinajstić information content (AvgIpc) is 2.54. The van der Waals surface area contributed by atoms with Crippen LogP contribution in [0.15, 0.2) is 60.3 Å². The molecule has 0 aromatic heterocycles. The zero-order chi connectivity index (χ0) is 15.1. The molecule has 0 saturated heterocycles. The number of hydrogen-bond donors (Lipinski definition) is 1. The maximum atomic E-state index is 6.13. The van der Waals surface area contributed by atoms with Crippen molar-refractivity contribution in [3.05, 3.63) is 65.9 Å². The van der Waals surface area contributed by atoms with Gasteiger partial charge in [-0.1, -0.05) is 42.5 Å². The lowest BCUT2D eigenvalue weighted by Gasteiger charge is -2.16. The van der Waals surface area contributed by atoms with E-state index in [9.17, 15) is 0 Å². The fourth-order valence-electron chi connectivity index (χ4n) is 1.97. The molecular formula is C18H21NO2. The van der Waals surface area contributed by atoms with Gasteiger partial charge in [-0.2, -0.15) is 0 Å². The molecule has 1 N–H and O–H groups in total. The van der Waals surface area contributed by atoms with E-state index in [1.54, 1.807) is 0 Å². The normalized spacial score (nSPS) is 11.6. The monoisotopic (exact) mass is 283 g/mol. The third kappa shape index (κ3) is 3.78. The summed E-state index contributed by atoms with van der Waals surface area (Å²) in [4.78, 5) is 0. The van der Waals surface area contributed by atoms with E-state index >= 15 is 0 Å². The second-order valence-corrected chi connectivity index (χ2v) is 4.55. The molecule has 3 heteroatoms. The first-order valence-corrected chi connectivity index (χ1v) is 7.10. The molecule has 0 bridgehead atoms. The van der Waals surface area contributed by atoms with Crippen molar-refractivity contribution in [1.82, 2.24) is 5.32 Å². The third-order valence-electron chi connectivity index (χ3n) is 3.11. The van der Waals surface area contributed by atoms with E-state index in [0.29, 0.717) is 12.4 Å². The molecule has 110 valence electrons. The Kier molecular flexibility index (Phi) is 5.27. The first kappa shape index (κ1) is 15.0. The highest BCUT2D eigenvalue weighted by Crippen LogP contribution is 2.31. The van der Waals surface area contributed by atoms with Gasteiger partial charge in [-0.15, -0.1) is 0 Å². The highest BCUT2D eigenvalue weighted by molar-refractivity contribution is 5.65. The van der Waals surface area contributed by atoms with Crippen LogP contribution in [0.5, 0.6) is 11.5 Å². The van der Waals surface area contributed by atoms with Crippen molar-refractivity contribution >= 4 is 5.76 Å². The summed E-state index contributed by atoms with van der Waals surface area (Å²) in [5.41, 5.74) is 1.99. The van der Waals surface area contributed by atoms with Gasteiger partial charge in [0, 0.05) is 12.6 Å². The van der Waals surface area contributed by atoms with Crippen molar-refractivity contribution in [1.29, 1.82) is 0 Å². The standard InChI is InChI=1S/C18H21NO2/c1-4-20-16-12-8-9-13-17(16)21-18(14(2)19-3)15-10-6-5-7-11-15/h5-13,19H,4H2,1-3H3. The molecule has 0 spiro atoms. The minimum Gasteiger partial charge on any atom is -0.490 e. The smallest absolute Gasteiger partial charge is 0.169 e. The molecule has 0 radical (unpaired) electrons. The Bertz CT molecular complexity index is 606. The highest BCUT2D eigenvalue weighted by Gasteiger charge is 2.11. The third-order valence-corrected chi connectivity index (χ3v) is 3.11. The van der Waals surface area contributed by atoms with E-state index in [4.69, 9.17) is 9.47 Å². The summed E-state index contributed by atoms with van der Waals surface area (Å²) in [5, 5.41) is 3.15. The maximum absolute atomic E-state index is 6.13. The molecule has 0 aliphatic heterocycles. The first-order valence-electron chi connectivity index (χ1n) is 7.10. The summed E-state index contributed by atoms with van der Waals surface area (Å²) < 4.78 is 11.7. The van der Waals surface area contributed by atoms with Crippen LogP contribution >= 0.6 is 0 Å². The molecule has 2 aromatic carbocycles. The molecule has 2 aromatic rings. The van der Waals surface area contributed by atoms with Gasteiger partial charge in [0.2, 0.25) is 0 Å². The summed E-state index contributed by atoms with van der Waals surface area (Å²) in [5.74, 6) is 2.26. The number of nitrogens with one attached hydrogen (secondary N) is 1. The fraction of sp³-hybridized carbons (Fsp3) is 0.222. The van der Waals surface area contributed by atoms with Crippen molar-refractivity contribution < 1.29 is 9.47 Å². The molecule has 0 amide bonds. The number of para-hydroxylation sites is 2. The highest BCUT2D eigenvalue weighted by atomic mass is 16.5. The van der Waals surface area contributed by atoms with Crippen LogP contribution in [0.25, 0.3) is 5.76 Å². The lowest BCUT2D eigenvalue weighted by Crippen LogP contribution is -2.09. The van der Waals surface area contributed by atoms with Crippen molar-refractivity contribution in [2.24, 2.45) is 0 Å². The Labute approximate surface area is 126 Å². The molecule has 0 heterocycles. The SMILES string of the molecule is CCOc1ccccc1OC(=C(C)NC)c1ccccc1. The van der Waals surface area contributed by atoms with Crippen LogP contribution in [0.3, 0.4) is 0 Å². The minimum atomic E-state index is 0.607. The molecule has 0 fully saturated rings. The molecule has 3 nitrogen and oxygen atoms in total. The lowest BCUT2D eigenvalue weighted by molar-refractivity contribution is 0.324. The molecule has 0 aliphatic rings. The lowest BCUT2D eigenvalue weighted by atomic mass is 10.1. The van der Waals surface area contributed by atoms with Crippen molar-refractivity contribution in [2.75, 3.05) is 13.7 Å². The summed E-state index contributed by atoms with van der Waals surface area (Å²) in [7, 11) is 1.89. The second kappa shape index (κ2) is 7.39. The van der Waals surface area contributed by atoms with Crippen molar-refractivity contribution in [2.45, 2.75) is 13.8 Å². The summed E-state index contributed by atoms with van der Waals surface area (Å²) in [6.07, 6.45) is 0. The molecule has 2 rings (SSSR count). The van der Waals surface area contributed by atoms with Gasteiger partial charge in [0.15, 0.2) is 17.3 Å². The van der Waals surface area contributed by atoms with Gasteiger partial charge in [0.25, 0.3) is 0 Å². The zero-order valence-corrected chi connectivity index (χ0v) is 12.7. The number of ether oxygens (including phenoxy) is 2. The predicted molar refractivity (Wildman–Crippen MR) is 86.3 cm³/mol. The first-order chi connectivity index (χ1) is 10.3. The van der Waals surface area contributed by atoms with Gasteiger partial charge in [-0.3, -0.25) is 0 Å². The summed E-state index contributed by atoms with van der Waals surface area (Å²) in [6.45, 7) is 4.56. The quantitative estimate of drug-likeness (QED) is 0.811. The molecule has 21 heavy (non-hydrogen) atoms. The van der Waals surface area contributed by atoms with E-state index in [1.165, 1.54) is 0 Å². The Morgan fingerprint density at radius 1 is 0.952 bits per heavy atom. The fourth-order valence-corrected chi connectivity index (χ4v) is 1.97. The molecule has 0 saturated carbocycles. The predicted octanol–water partition coefficient (Wildman–Crippen LogP) is 4.07. The van der Waals surface area contributed by atoms with Gasteiger partial charge in [-0.25, -0.2) is 0 Å². The van der Waals surface area contributed by atoms with Crippen LogP contribution in [-0.2, 0) is 0 Å². The van der Waals surface area contributed by atoms with E-state index < -0.39 is 0 Å². The number of hydrogen-bond acceptors (Lipinski definition) is 3. The van der Waals surface area contributed by atoms with E-state index in [1.807, 2.05) is 75.5 Å². The van der Waals surface area contributed by atoms with E-state index in [-0.39, 0.29) is 0 Å². The largest absolute Gasteiger partial charge is 0.490 e. The van der Waals surface area contributed by atoms with Gasteiger partial charge in [0.05, 0.1) is 12.3 Å². The Morgan fingerprint density at radius 2 is 1.57 bits per heavy atom. The van der Waals surface area contributed by atoms with E-state index in [0.717, 1.165) is 22.8 Å². The van der Waals surface area contributed by atoms with Crippen LogP contribution in [0.2, 0.25) is 0 Å². The van der Waals surface area contributed by atoms with Gasteiger partial charge < -0.3 is 14.8 Å². The minimum absolute atomic E-state index is 0.607. The molecule has 0 aliphatic carbocycles. The van der Waals surface area contributed by atoms with Gasteiger partial charge in [-0.05, 0) is 26.0 Å². The van der Waals surface area contributed by atoms with Crippen molar-refractivity contribution in [3.8, 4) is 11.5 Å². The average molecular weight is 283 g/mol.